The molecule has 5 aromatic carbocycles. The lowest BCUT2D eigenvalue weighted by atomic mass is 10.2. The summed E-state index contributed by atoms with van der Waals surface area (Å²) in [6.45, 7) is 9.84. The fraction of sp³-hybridized carbons (Fsp3) is 0.176. The van der Waals surface area contributed by atoms with E-state index in [0.29, 0.717) is 54.7 Å². The number of halogens is 5. The molecule has 0 fully saturated rings. The summed E-state index contributed by atoms with van der Waals surface area (Å²) in [5.74, 6) is 2.53. The van der Waals surface area contributed by atoms with Crippen LogP contribution in [-0.4, -0.2) is 30.6 Å². The lowest BCUT2D eigenvalue weighted by Crippen LogP contribution is -2.04. The molecule has 0 N–H and O–H groups in total. The van der Waals surface area contributed by atoms with E-state index in [1.807, 2.05) is 105 Å². The van der Waals surface area contributed by atoms with Gasteiger partial charge >= 0.3 is 0 Å². The molecule has 16 heteroatoms. The van der Waals surface area contributed by atoms with Gasteiger partial charge in [0.2, 0.25) is 0 Å². The van der Waals surface area contributed by atoms with Gasteiger partial charge in [0.1, 0.15) is 31.5 Å². The van der Waals surface area contributed by atoms with Crippen molar-refractivity contribution in [3.05, 3.63) is 215 Å². The molecule has 0 aliphatic carbocycles. The van der Waals surface area contributed by atoms with Crippen LogP contribution >= 0.6 is 69.8 Å². The Morgan fingerprint density at radius 2 is 0.761 bits per heavy atom. The molecule has 344 valence electrons. The van der Waals surface area contributed by atoms with Crippen LogP contribution in [0.1, 0.15) is 50.1 Å². The predicted octanol–water partition coefficient (Wildman–Crippen LogP) is 14.5. The van der Waals surface area contributed by atoms with Crippen LogP contribution in [0.15, 0.2) is 145 Å². The van der Waals surface area contributed by atoms with Crippen molar-refractivity contribution in [3.63, 3.8) is 0 Å². The molecular formula is C51H45Cl5N6O4S. The maximum Gasteiger partial charge on any atom is 0.276 e. The average molecular weight is 1020 g/mol. The fourth-order valence-electron chi connectivity index (χ4n) is 5.60. The number of nitrogens with zero attached hydrogens (tertiary/aromatic N) is 6. The van der Waals surface area contributed by atoms with Crippen LogP contribution in [0, 0.1) is 27.7 Å². The van der Waals surface area contributed by atoms with E-state index in [1.165, 1.54) is 28.3 Å². The minimum atomic E-state index is 0.168. The molecule has 0 saturated heterocycles. The van der Waals surface area contributed by atoms with Crippen LogP contribution in [0.25, 0.3) is 0 Å². The van der Waals surface area contributed by atoms with Gasteiger partial charge < -0.3 is 18.9 Å². The Morgan fingerprint density at radius 1 is 0.388 bits per heavy atom. The third-order valence-electron chi connectivity index (χ3n) is 9.40. The molecule has 67 heavy (non-hydrogen) atoms. The van der Waals surface area contributed by atoms with Gasteiger partial charge in [0.05, 0.1) is 5.02 Å². The van der Waals surface area contributed by atoms with Crippen molar-refractivity contribution in [2.75, 3.05) is 0 Å². The minimum Gasteiger partial charge on any atom is -0.483 e. The van der Waals surface area contributed by atoms with E-state index in [1.54, 1.807) is 17.8 Å². The first-order valence-corrected chi connectivity index (χ1v) is 23.6. The van der Waals surface area contributed by atoms with E-state index in [4.69, 9.17) is 77.0 Å². The minimum absolute atomic E-state index is 0.168. The number of ether oxygens (including phenoxy) is 4. The highest BCUT2D eigenvalue weighted by atomic mass is 35.5. The molecular weight excluding hydrogens is 970 g/mol. The zero-order valence-corrected chi connectivity index (χ0v) is 41.5. The highest BCUT2D eigenvalue weighted by molar-refractivity contribution is 7.98. The lowest BCUT2D eigenvalue weighted by molar-refractivity contribution is 0.242. The third-order valence-corrected chi connectivity index (χ3v) is 11.7. The summed E-state index contributed by atoms with van der Waals surface area (Å²) in [6.07, 6.45) is 0. The van der Waals surface area contributed by atoms with Gasteiger partial charge in [-0.25, -0.2) is 0 Å². The normalized spacial score (nSPS) is 10.5. The van der Waals surface area contributed by atoms with E-state index in [2.05, 4.69) is 80.8 Å². The molecule has 3 heterocycles. The maximum absolute atomic E-state index is 6.12. The van der Waals surface area contributed by atoms with Crippen LogP contribution in [0.3, 0.4) is 0 Å². The quantitative estimate of drug-likeness (QED) is 0.0915. The Bertz CT molecular complexity index is 2790. The molecule has 0 unspecified atom stereocenters. The van der Waals surface area contributed by atoms with Crippen LogP contribution in [0.4, 0.5) is 0 Å². The van der Waals surface area contributed by atoms with Crippen molar-refractivity contribution >= 4 is 69.8 Å². The van der Waals surface area contributed by atoms with E-state index < -0.39 is 0 Å². The molecule has 8 rings (SSSR count). The van der Waals surface area contributed by atoms with Crippen molar-refractivity contribution in [1.29, 1.82) is 0 Å². The van der Waals surface area contributed by atoms with Crippen molar-refractivity contribution < 1.29 is 18.9 Å². The van der Waals surface area contributed by atoms with Gasteiger partial charge in [0, 0.05) is 22.9 Å². The molecule has 0 radical (unpaired) electrons. The second kappa shape index (κ2) is 26.0. The smallest absolute Gasteiger partial charge is 0.276 e. The number of benzene rings is 5. The SMILES string of the molecule is Cc1ccc(COc2cc(Cl)nnc2OCc2ccc(C)cc2)cc1.Cc1ccc(COc2cc(SCc3ccc(Cl)cc3)nnc2OCc2ccc(C)cc2)cc1.Clc1cc(Cl)c(Cl)nn1. The molecule has 0 spiro atoms. The van der Waals surface area contributed by atoms with Crippen molar-refractivity contribution in [2.24, 2.45) is 0 Å². The first-order chi connectivity index (χ1) is 32.3. The van der Waals surface area contributed by atoms with Crippen LogP contribution in [-0.2, 0) is 32.2 Å². The van der Waals surface area contributed by atoms with Gasteiger partial charge in [-0.2, -0.15) is 0 Å². The first-order valence-electron chi connectivity index (χ1n) is 20.7. The zero-order chi connectivity index (χ0) is 47.5. The molecule has 8 aromatic rings. The molecule has 10 nitrogen and oxygen atoms in total. The molecule has 0 atom stereocenters. The summed E-state index contributed by atoms with van der Waals surface area (Å²) in [4.78, 5) is 0. The Kier molecular flexibility index (Phi) is 19.7. The fourth-order valence-corrected chi connectivity index (χ4v) is 7.09. The van der Waals surface area contributed by atoms with E-state index in [9.17, 15) is 0 Å². The summed E-state index contributed by atoms with van der Waals surface area (Å²) in [5.41, 5.74) is 10.2. The second-order valence-electron chi connectivity index (χ2n) is 15.0. The van der Waals surface area contributed by atoms with Gasteiger partial charge in [-0.3, -0.25) is 0 Å². The molecule has 0 bridgehead atoms. The van der Waals surface area contributed by atoms with Gasteiger partial charge in [0.25, 0.3) is 11.8 Å². The number of thioether (sulfide) groups is 1. The number of aryl methyl sites for hydroxylation is 4. The highest BCUT2D eigenvalue weighted by Crippen LogP contribution is 2.32. The summed E-state index contributed by atoms with van der Waals surface area (Å²) in [6, 6.07) is 45.5. The molecule has 0 saturated carbocycles. The third kappa shape index (κ3) is 17.5. The van der Waals surface area contributed by atoms with Gasteiger partial charge in [-0.15, -0.1) is 30.6 Å². The monoisotopic (exact) mass is 1010 g/mol. The summed E-state index contributed by atoms with van der Waals surface area (Å²) in [7, 11) is 0. The zero-order valence-electron chi connectivity index (χ0n) is 36.9. The Labute approximate surface area is 419 Å². The predicted molar refractivity (Wildman–Crippen MR) is 269 cm³/mol. The number of hydrogen-bond acceptors (Lipinski definition) is 11. The van der Waals surface area contributed by atoms with Crippen LogP contribution in [0.2, 0.25) is 25.5 Å². The Morgan fingerprint density at radius 3 is 1.19 bits per heavy atom. The Balaban J connectivity index is 0.000000191. The van der Waals surface area contributed by atoms with Crippen molar-refractivity contribution in [2.45, 2.75) is 64.9 Å². The lowest BCUT2D eigenvalue weighted by Gasteiger charge is -2.13. The van der Waals surface area contributed by atoms with Gasteiger partial charge in [-0.1, -0.05) is 201 Å². The van der Waals surface area contributed by atoms with E-state index >= 15 is 0 Å². The van der Waals surface area contributed by atoms with Crippen molar-refractivity contribution in [1.82, 2.24) is 30.6 Å². The number of rotatable bonds is 15. The molecule has 0 aliphatic heterocycles. The molecule has 3 aromatic heterocycles. The largest absolute Gasteiger partial charge is 0.483 e. The summed E-state index contributed by atoms with van der Waals surface area (Å²) < 4.78 is 23.7. The van der Waals surface area contributed by atoms with E-state index in [0.717, 1.165) is 43.6 Å². The molecule has 0 aliphatic rings. The van der Waals surface area contributed by atoms with Crippen LogP contribution < -0.4 is 18.9 Å². The first kappa shape index (κ1) is 50.7. The molecule has 0 amide bonds. The number of aromatic nitrogens is 6. The van der Waals surface area contributed by atoms with Gasteiger partial charge in [0.15, 0.2) is 27.0 Å². The Hall–Kier alpha value is -5.66. The summed E-state index contributed by atoms with van der Waals surface area (Å²) >= 11 is 29.8. The van der Waals surface area contributed by atoms with Crippen LogP contribution in [0.5, 0.6) is 23.3 Å². The standard InChI is InChI=1S/C27H25ClN2O2S.C20H19ClN2O2.C4HCl3N2/c1-19-3-7-21(8-4-19)16-31-25-15-26(33-18-23-11-13-24(28)14-12-23)29-30-27(25)32-17-22-9-5-20(2)6-10-22;1-14-3-7-16(8-4-14)12-24-18-11-19(21)22-23-20(18)25-13-17-9-5-15(2)6-10-17;5-2-1-3(6)8-9-4(2)7/h3-15H,16-18H2,1-2H3;3-11H,12-13H2,1-2H3;1H. The second-order valence-corrected chi connectivity index (χ2v) is 18.0. The average Bonchev–Trinajstić information content (AvgIpc) is 3.33. The topological polar surface area (TPSA) is 114 Å². The maximum atomic E-state index is 6.12. The van der Waals surface area contributed by atoms with Crippen molar-refractivity contribution in [3.8, 4) is 23.3 Å². The van der Waals surface area contributed by atoms with E-state index in [-0.39, 0.29) is 15.5 Å². The van der Waals surface area contributed by atoms with Gasteiger partial charge in [-0.05, 0) is 73.7 Å². The summed E-state index contributed by atoms with van der Waals surface area (Å²) in [5, 5.41) is 25.9. The highest BCUT2D eigenvalue weighted by Gasteiger charge is 2.13. The number of hydrogen-bond donors (Lipinski definition) is 0.